The molecule has 0 fully saturated rings. The van der Waals surface area contributed by atoms with E-state index in [0.717, 1.165) is 0 Å². The fraction of sp³-hybridized carbons (Fsp3) is 0.286. The van der Waals surface area contributed by atoms with Crippen molar-refractivity contribution < 1.29 is 8.85 Å². The van der Waals surface area contributed by atoms with Crippen LogP contribution in [0.3, 0.4) is 0 Å². The molecule has 1 aromatic heterocycles. The zero-order valence-electron chi connectivity index (χ0n) is 8.64. The van der Waals surface area contributed by atoms with Gasteiger partial charge in [0.25, 0.3) is 0 Å². The second-order valence-electron chi connectivity index (χ2n) is 1.77. The molecule has 0 aliphatic rings. The Morgan fingerprint density at radius 1 is 1.90 bits per heavy atom. The molecule has 0 saturated carbocycles. The number of anilines is 1. The number of methoxy groups -OCH3 is 1. The van der Waals surface area contributed by atoms with Gasteiger partial charge < -0.3 is 10.5 Å². The van der Waals surface area contributed by atoms with Crippen LogP contribution >= 0.6 is 0 Å². The van der Waals surface area contributed by atoms with E-state index in [1.807, 2.05) is 0 Å². The van der Waals surface area contributed by atoms with E-state index in [-0.39, 0.29) is 30.6 Å². The maximum absolute atomic E-state index is 7.47. The molecule has 0 radical (unpaired) electrons. The van der Waals surface area contributed by atoms with Crippen LogP contribution in [0.2, 0.25) is 0 Å². The zero-order valence-corrected chi connectivity index (χ0v) is 5.64. The number of nitrogens with zero attached hydrogens (tertiary/aromatic N) is 1. The van der Waals surface area contributed by atoms with Gasteiger partial charge in [-0.3, -0.25) is 4.98 Å². The van der Waals surface area contributed by atoms with Gasteiger partial charge in [-0.25, -0.2) is 0 Å². The number of nitrogen functional groups attached to an aromatic ring is 1. The molecular weight excluding hydrogens is 128 g/mol. The van der Waals surface area contributed by atoms with Crippen LogP contribution in [0.15, 0.2) is 18.3 Å². The minimum atomic E-state index is -0.222. The summed E-state index contributed by atoms with van der Waals surface area (Å²) in [6.45, 7) is 0.134. The van der Waals surface area contributed by atoms with Gasteiger partial charge >= 0.3 is 0 Å². The number of hydrogen-bond donors (Lipinski definition) is 1. The van der Waals surface area contributed by atoms with Crippen molar-refractivity contribution in [2.45, 2.75) is 6.61 Å². The van der Waals surface area contributed by atoms with E-state index >= 15 is 0 Å². The van der Waals surface area contributed by atoms with E-state index in [0.29, 0.717) is 5.69 Å². The molecule has 1 aromatic rings. The SMILES string of the molecule is [2H]c1nc(COC)c([2H])c(N)c1[2H]. The van der Waals surface area contributed by atoms with Crippen LogP contribution in [0.4, 0.5) is 5.69 Å². The van der Waals surface area contributed by atoms with Crippen LogP contribution in [-0.2, 0) is 11.3 Å². The number of ether oxygens (including phenoxy) is 1. The van der Waals surface area contributed by atoms with Crippen molar-refractivity contribution in [2.24, 2.45) is 0 Å². The lowest BCUT2D eigenvalue weighted by molar-refractivity contribution is 0.181. The Labute approximate surface area is 64.0 Å². The van der Waals surface area contributed by atoms with Gasteiger partial charge in [0.15, 0.2) is 0 Å². The van der Waals surface area contributed by atoms with E-state index in [2.05, 4.69) is 4.98 Å². The lowest BCUT2D eigenvalue weighted by atomic mass is 10.3. The van der Waals surface area contributed by atoms with Crippen molar-refractivity contribution in [3.63, 3.8) is 0 Å². The molecule has 0 saturated heterocycles. The second-order valence-corrected chi connectivity index (χ2v) is 1.77. The smallest absolute Gasteiger partial charge is 0.0884 e. The van der Waals surface area contributed by atoms with Gasteiger partial charge in [0.2, 0.25) is 0 Å². The molecule has 3 heteroatoms. The van der Waals surface area contributed by atoms with Gasteiger partial charge in [0, 0.05) is 19.0 Å². The van der Waals surface area contributed by atoms with E-state index in [9.17, 15) is 0 Å². The molecule has 0 aliphatic heterocycles. The average molecular weight is 141 g/mol. The van der Waals surface area contributed by atoms with Crippen molar-refractivity contribution in [1.29, 1.82) is 0 Å². The van der Waals surface area contributed by atoms with Crippen LogP contribution in [0.25, 0.3) is 0 Å². The predicted octanol–water partition coefficient (Wildman–Crippen LogP) is 0.810. The van der Waals surface area contributed by atoms with Crippen LogP contribution in [0.5, 0.6) is 0 Å². The summed E-state index contributed by atoms with van der Waals surface area (Å²) in [7, 11) is 1.47. The highest BCUT2D eigenvalue weighted by Gasteiger charge is 1.91. The molecule has 0 atom stereocenters. The third-order valence-corrected chi connectivity index (χ3v) is 0.941. The fourth-order valence-corrected chi connectivity index (χ4v) is 0.575. The van der Waals surface area contributed by atoms with E-state index in [1.165, 1.54) is 7.11 Å². The molecule has 2 N–H and O–H groups in total. The average Bonchev–Trinajstić information content (AvgIpc) is 2.11. The third kappa shape index (κ3) is 1.70. The first-order valence-electron chi connectivity index (χ1n) is 4.29. The molecule has 0 unspecified atom stereocenters. The normalized spacial score (nSPS) is 13.9. The van der Waals surface area contributed by atoms with Crippen molar-refractivity contribution in [3.05, 3.63) is 24.0 Å². The highest BCUT2D eigenvalue weighted by Crippen LogP contribution is 2.02. The van der Waals surface area contributed by atoms with Gasteiger partial charge in [-0.2, -0.15) is 0 Å². The zero-order chi connectivity index (χ0) is 10.0. The second kappa shape index (κ2) is 3.17. The third-order valence-electron chi connectivity index (χ3n) is 0.941. The molecular formula is C7H10N2O. The summed E-state index contributed by atoms with van der Waals surface area (Å²) in [6, 6.07) is -0.229. The summed E-state index contributed by atoms with van der Waals surface area (Å²) >= 11 is 0. The molecule has 0 bridgehead atoms. The van der Waals surface area contributed by atoms with Crippen molar-refractivity contribution in [1.82, 2.24) is 4.98 Å². The summed E-state index contributed by atoms with van der Waals surface area (Å²) in [6.07, 6.45) is -0.222. The van der Waals surface area contributed by atoms with Crippen molar-refractivity contribution in [2.75, 3.05) is 12.8 Å². The monoisotopic (exact) mass is 141 g/mol. The Morgan fingerprint density at radius 3 is 3.40 bits per heavy atom. The van der Waals surface area contributed by atoms with Crippen LogP contribution in [0.1, 0.15) is 9.81 Å². The number of nitrogens with two attached hydrogens (primary N) is 1. The summed E-state index contributed by atoms with van der Waals surface area (Å²) in [4.78, 5) is 3.71. The Hall–Kier alpha value is -1.09. The molecule has 0 aromatic carbocycles. The predicted molar refractivity (Wildman–Crippen MR) is 39.4 cm³/mol. The molecule has 0 aliphatic carbocycles. The molecule has 0 spiro atoms. The van der Waals surface area contributed by atoms with Gasteiger partial charge in [0.05, 0.1) is 16.4 Å². The summed E-state index contributed by atoms with van der Waals surface area (Å²) < 4.78 is 26.8. The first-order valence-corrected chi connectivity index (χ1v) is 2.79. The van der Waals surface area contributed by atoms with Crippen molar-refractivity contribution >= 4 is 5.69 Å². The Balaban J connectivity index is 3.24. The Bertz CT molecular complexity index is 330. The quantitative estimate of drug-likeness (QED) is 0.663. The number of hydrogen-bond acceptors (Lipinski definition) is 3. The molecule has 0 amide bonds. The molecule has 3 nitrogen and oxygen atoms in total. The van der Waals surface area contributed by atoms with Gasteiger partial charge in [-0.1, -0.05) is 0 Å². The maximum atomic E-state index is 7.47. The van der Waals surface area contributed by atoms with E-state index in [1.54, 1.807) is 0 Å². The van der Waals surface area contributed by atoms with Crippen LogP contribution in [-0.4, -0.2) is 12.1 Å². The first kappa shape index (κ1) is 3.93. The lowest BCUT2D eigenvalue weighted by Crippen LogP contribution is -1.93. The van der Waals surface area contributed by atoms with Crippen LogP contribution < -0.4 is 5.73 Å². The summed E-state index contributed by atoms with van der Waals surface area (Å²) in [5.41, 5.74) is 5.69. The fourth-order valence-electron chi connectivity index (χ4n) is 0.575. The van der Waals surface area contributed by atoms with E-state index in [4.69, 9.17) is 14.6 Å². The lowest BCUT2D eigenvalue weighted by Gasteiger charge is -1.97. The highest BCUT2D eigenvalue weighted by molar-refractivity contribution is 5.36. The minimum absolute atomic E-state index is 0.0212. The maximum Gasteiger partial charge on any atom is 0.0884 e. The standard InChI is InChI=1S/C7H10N2O/c1-10-5-7-4-6(8)2-3-9-7/h2-4H,5H2,1H3,(H2,8,9)/i2D,3D,4D. The highest BCUT2D eigenvalue weighted by atomic mass is 16.5. The first-order chi connectivity index (χ1) is 6.07. The molecule has 1 heterocycles. The van der Waals surface area contributed by atoms with Gasteiger partial charge in [-0.05, 0) is 12.1 Å². The summed E-state index contributed by atoms with van der Waals surface area (Å²) in [5, 5.41) is 0. The van der Waals surface area contributed by atoms with Crippen LogP contribution in [0, 0.1) is 0 Å². The number of pyridine rings is 1. The molecule has 1 rings (SSSR count). The molecule has 54 valence electrons. The van der Waals surface area contributed by atoms with Gasteiger partial charge in [0.1, 0.15) is 0 Å². The number of aromatic nitrogens is 1. The van der Waals surface area contributed by atoms with E-state index < -0.39 is 0 Å². The number of rotatable bonds is 2. The topological polar surface area (TPSA) is 48.1 Å². The largest absolute Gasteiger partial charge is 0.399 e. The Morgan fingerprint density at radius 2 is 2.70 bits per heavy atom. The van der Waals surface area contributed by atoms with Crippen molar-refractivity contribution in [3.8, 4) is 0 Å². The van der Waals surface area contributed by atoms with Gasteiger partial charge in [-0.15, -0.1) is 0 Å². The molecule has 10 heavy (non-hydrogen) atoms. The minimum Gasteiger partial charge on any atom is -0.399 e. The Kier molecular flexibility index (Phi) is 1.25. The summed E-state index contributed by atoms with van der Waals surface area (Å²) in [5.74, 6) is 0.